The van der Waals surface area contributed by atoms with E-state index >= 15 is 0 Å². The normalized spacial score (nSPS) is 11.3. The minimum Gasteiger partial charge on any atom is -0.459 e. The first-order valence-corrected chi connectivity index (χ1v) is 6.81. The third kappa shape index (κ3) is 2.55. The summed E-state index contributed by atoms with van der Waals surface area (Å²) in [6.45, 7) is 8.21. The molecule has 2 aromatic rings. The summed E-state index contributed by atoms with van der Waals surface area (Å²) in [5.74, 6) is 1.05. The fourth-order valence-electron chi connectivity index (χ4n) is 2.04. The van der Waals surface area contributed by atoms with E-state index in [2.05, 4.69) is 54.2 Å². The van der Waals surface area contributed by atoms with E-state index in [0.29, 0.717) is 0 Å². The molecule has 3 heteroatoms. The zero-order chi connectivity index (χ0) is 12.4. The lowest BCUT2D eigenvalue weighted by Gasteiger charge is -2.00. The molecular formula is C14H18BrNO. The van der Waals surface area contributed by atoms with E-state index in [-0.39, 0.29) is 0 Å². The van der Waals surface area contributed by atoms with Crippen molar-refractivity contribution in [1.82, 2.24) is 5.32 Å². The summed E-state index contributed by atoms with van der Waals surface area (Å²) < 4.78 is 7.06. The van der Waals surface area contributed by atoms with Crippen molar-refractivity contribution in [2.24, 2.45) is 0 Å². The molecule has 1 N–H and O–H groups in total. The first kappa shape index (κ1) is 12.7. The molecule has 0 amide bonds. The summed E-state index contributed by atoms with van der Waals surface area (Å²) in [6.07, 6.45) is 1.14. The van der Waals surface area contributed by atoms with E-state index in [4.69, 9.17) is 4.42 Å². The van der Waals surface area contributed by atoms with Crippen molar-refractivity contribution in [3.8, 4) is 0 Å². The molecule has 0 fully saturated rings. The number of hydrogen-bond donors (Lipinski definition) is 1. The number of hydrogen-bond acceptors (Lipinski definition) is 2. The van der Waals surface area contributed by atoms with Crippen LogP contribution >= 0.6 is 15.9 Å². The van der Waals surface area contributed by atoms with Crippen LogP contribution in [0.25, 0.3) is 11.0 Å². The Hall–Kier alpha value is -0.800. The second-order valence-corrected chi connectivity index (χ2v) is 5.34. The molecule has 0 radical (unpaired) electrons. The quantitative estimate of drug-likeness (QED) is 0.850. The largest absolute Gasteiger partial charge is 0.459 e. The standard InChI is InChI=1S/C14H18BrNO/c1-4-5-16-8-13-10(3)12-7-11(15)6-9(2)14(12)17-13/h6-7,16H,4-5,8H2,1-3H3. The third-order valence-corrected chi connectivity index (χ3v) is 3.46. The Morgan fingerprint density at radius 3 is 2.76 bits per heavy atom. The Kier molecular flexibility index (Phi) is 3.89. The predicted octanol–water partition coefficient (Wildman–Crippen LogP) is 4.31. The van der Waals surface area contributed by atoms with Gasteiger partial charge in [-0.05, 0) is 50.1 Å². The molecule has 2 nitrogen and oxygen atoms in total. The Morgan fingerprint density at radius 2 is 2.06 bits per heavy atom. The van der Waals surface area contributed by atoms with Gasteiger partial charge in [0, 0.05) is 9.86 Å². The summed E-state index contributed by atoms with van der Waals surface area (Å²) in [5.41, 5.74) is 3.44. The lowest BCUT2D eigenvalue weighted by Crippen LogP contribution is -2.13. The van der Waals surface area contributed by atoms with E-state index < -0.39 is 0 Å². The number of halogens is 1. The van der Waals surface area contributed by atoms with Crippen molar-refractivity contribution < 1.29 is 4.42 Å². The minimum absolute atomic E-state index is 0.811. The highest BCUT2D eigenvalue weighted by Crippen LogP contribution is 2.30. The average Bonchev–Trinajstić information content (AvgIpc) is 2.58. The maximum Gasteiger partial charge on any atom is 0.137 e. The summed E-state index contributed by atoms with van der Waals surface area (Å²) in [7, 11) is 0. The van der Waals surface area contributed by atoms with Gasteiger partial charge in [-0.15, -0.1) is 0 Å². The first-order valence-electron chi connectivity index (χ1n) is 6.02. The van der Waals surface area contributed by atoms with Crippen LogP contribution in [0.15, 0.2) is 21.0 Å². The van der Waals surface area contributed by atoms with E-state index in [0.717, 1.165) is 35.3 Å². The van der Waals surface area contributed by atoms with Gasteiger partial charge < -0.3 is 9.73 Å². The summed E-state index contributed by atoms with van der Waals surface area (Å²) >= 11 is 3.53. The highest BCUT2D eigenvalue weighted by molar-refractivity contribution is 9.10. The zero-order valence-corrected chi connectivity index (χ0v) is 12.1. The predicted molar refractivity (Wildman–Crippen MR) is 75.4 cm³/mol. The number of benzene rings is 1. The number of rotatable bonds is 4. The van der Waals surface area contributed by atoms with Crippen molar-refractivity contribution in [3.05, 3.63) is 33.5 Å². The van der Waals surface area contributed by atoms with E-state index in [1.54, 1.807) is 0 Å². The van der Waals surface area contributed by atoms with Gasteiger partial charge in [-0.2, -0.15) is 0 Å². The van der Waals surface area contributed by atoms with Gasteiger partial charge in [-0.1, -0.05) is 22.9 Å². The molecule has 2 rings (SSSR count). The first-order chi connectivity index (χ1) is 8.13. The molecule has 1 aromatic carbocycles. The Labute approximate surface area is 111 Å². The van der Waals surface area contributed by atoms with Crippen LogP contribution in [-0.4, -0.2) is 6.54 Å². The van der Waals surface area contributed by atoms with Gasteiger partial charge in [0.05, 0.1) is 6.54 Å². The van der Waals surface area contributed by atoms with Gasteiger partial charge in [0.1, 0.15) is 11.3 Å². The van der Waals surface area contributed by atoms with Gasteiger partial charge in [-0.25, -0.2) is 0 Å². The molecule has 0 unspecified atom stereocenters. The van der Waals surface area contributed by atoms with Crippen molar-refractivity contribution in [3.63, 3.8) is 0 Å². The van der Waals surface area contributed by atoms with Crippen LogP contribution in [0.3, 0.4) is 0 Å². The number of nitrogens with one attached hydrogen (secondary N) is 1. The SMILES string of the molecule is CCCNCc1oc2c(C)cc(Br)cc2c1C. The molecule has 0 aliphatic rings. The molecular weight excluding hydrogens is 278 g/mol. The van der Waals surface area contributed by atoms with Crippen LogP contribution in [-0.2, 0) is 6.54 Å². The average molecular weight is 296 g/mol. The summed E-state index contributed by atoms with van der Waals surface area (Å²) in [5, 5.41) is 4.59. The maximum atomic E-state index is 5.95. The van der Waals surface area contributed by atoms with Crippen LogP contribution in [0.4, 0.5) is 0 Å². The molecule has 17 heavy (non-hydrogen) atoms. The van der Waals surface area contributed by atoms with Crippen LogP contribution in [0.2, 0.25) is 0 Å². The molecule has 0 saturated carbocycles. The lowest BCUT2D eigenvalue weighted by atomic mass is 10.1. The van der Waals surface area contributed by atoms with Gasteiger partial charge >= 0.3 is 0 Å². The van der Waals surface area contributed by atoms with Crippen molar-refractivity contribution in [2.75, 3.05) is 6.54 Å². The molecule has 92 valence electrons. The molecule has 0 saturated heterocycles. The van der Waals surface area contributed by atoms with Crippen LogP contribution in [0, 0.1) is 13.8 Å². The van der Waals surface area contributed by atoms with Crippen LogP contribution < -0.4 is 5.32 Å². The number of fused-ring (bicyclic) bond motifs is 1. The smallest absolute Gasteiger partial charge is 0.137 e. The monoisotopic (exact) mass is 295 g/mol. The third-order valence-electron chi connectivity index (χ3n) is 3.00. The molecule has 0 bridgehead atoms. The van der Waals surface area contributed by atoms with Gasteiger partial charge in [0.15, 0.2) is 0 Å². The summed E-state index contributed by atoms with van der Waals surface area (Å²) in [4.78, 5) is 0. The Morgan fingerprint density at radius 1 is 1.29 bits per heavy atom. The Bertz CT molecular complexity index is 530. The summed E-state index contributed by atoms with van der Waals surface area (Å²) in [6, 6.07) is 4.22. The van der Waals surface area contributed by atoms with Crippen LogP contribution in [0.1, 0.15) is 30.2 Å². The fraction of sp³-hybridized carbons (Fsp3) is 0.429. The second-order valence-electron chi connectivity index (χ2n) is 4.43. The molecule has 0 spiro atoms. The van der Waals surface area contributed by atoms with Crippen molar-refractivity contribution in [2.45, 2.75) is 33.7 Å². The van der Waals surface area contributed by atoms with E-state index in [1.807, 2.05) is 0 Å². The van der Waals surface area contributed by atoms with Crippen LogP contribution in [0.5, 0.6) is 0 Å². The highest BCUT2D eigenvalue weighted by atomic mass is 79.9. The molecule has 0 aliphatic heterocycles. The topological polar surface area (TPSA) is 25.2 Å². The number of furan rings is 1. The van der Waals surface area contributed by atoms with Crippen molar-refractivity contribution >= 4 is 26.9 Å². The van der Waals surface area contributed by atoms with Crippen molar-refractivity contribution in [1.29, 1.82) is 0 Å². The molecule has 0 aliphatic carbocycles. The Balaban J connectivity index is 2.39. The van der Waals surface area contributed by atoms with E-state index in [9.17, 15) is 0 Å². The highest BCUT2D eigenvalue weighted by Gasteiger charge is 2.12. The van der Waals surface area contributed by atoms with Gasteiger partial charge in [0.2, 0.25) is 0 Å². The van der Waals surface area contributed by atoms with Gasteiger partial charge in [0.25, 0.3) is 0 Å². The molecule has 1 aromatic heterocycles. The fourth-order valence-corrected chi connectivity index (χ4v) is 2.61. The second kappa shape index (κ2) is 5.23. The van der Waals surface area contributed by atoms with Gasteiger partial charge in [-0.3, -0.25) is 0 Å². The zero-order valence-electron chi connectivity index (χ0n) is 10.6. The molecule has 1 heterocycles. The minimum atomic E-state index is 0.811. The maximum absolute atomic E-state index is 5.95. The number of aryl methyl sites for hydroxylation is 2. The molecule has 0 atom stereocenters. The lowest BCUT2D eigenvalue weighted by molar-refractivity contribution is 0.509. The van der Waals surface area contributed by atoms with E-state index in [1.165, 1.54) is 16.5 Å².